The van der Waals surface area contributed by atoms with Crippen LogP contribution in [-0.4, -0.2) is 26.5 Å². The van der Waals surface area contributed by atoms with Gasteiger partial charge in [-0.2, -0.15) is 0 Å². The molecule has 2 N–H and O–H groups in total. The number of carboxylic acids is 1. The van der Waals surface area contributed by atoms with Gasteiger partial charge in [0.05, 0.1) is 5.02 Å². The Kier molecular flexibility index (Phi) is 3.12. The number of hydrogen-bond donors (Lipinski definition) is 2. The molecule has 0 saturated heterocycles. The standard InChI is InChI=1S/C9H6ClN3O2S/c10-5-3-1-2-4-6(5)16-8-7(9(14)15)11-13-12-8/h1-4H,(H,14,15)(H,11,12,13). The Hall–Kier alpha value is -1.53. The molecule has 0 bridgehead atoms. The Morgan fingerprint density at radius 2 is 2.19 bits per heavy atom. The number of hydrogen-bond acceptors (Lipinski definition) is 4. The van der Waals surface area contributed by atoms with Crippen LogP contribution in [0, 0.1) is 0 Å². The SMILES string of the molecule is O=C(O)c1nn[nH]c1Sc1ccccc1Cl. The van der Waals surface area contributed by atoms with Crippen molar-refractivity contribution in [1.82, 2.24) is 15.4 Å². The Morgan fingerprint density at radius 1 is 1.44 bits per heavy atom. The molecule has 0 unspecified atom stereocenters. The number of benzene rings is 1. The fraction of sp³-hybridized carbons (Fsp3) is 0. The minimum atomic E-state index is -1.12. The summed E-state index contributed by atoms with van der Waals surface area (Å²) in [6, 6.07) is 7.14. The van der Waals surface area contributed by atoms with Crippen molar-refractivity contribution in [1.29, 1.82) is 0 Å². The molecular weight excluding hydrogens is 250 g/mol. The van der Waals surface area contributed by atoms with Crippen LogP contribution in [0.15, 0.2) is 34.2 Å². The maximum atomic E-state index is 10.8. The molecule has 1 aromatic heterocycles. The van der Waals surface area contributed by atoms with Gasteiger partial charge in [-0.05, 0) is 12.1 Å². The third-order valence-electron chi connectivity index (χ3n) is 1.77. The normalized spacial score (nSPS) is 10.3. The molecule has 0 saturated carbocycles. The van der Waals surface area contributed by atoms with Gasteiger partial charge in [-0.25, -0.2) is 4.79 Å². The van der Waals surface area contributed by atoms with Crippen molar-refractivity contribution in [2.24, 2.45) is 0 Å². The molecular formula is C9H6ClN3O2S. The van der Waals surface area contributed by atoms with Crippen molar-refractivity contribution < 1.29 is 9.90 Å². The van der Waals surface area contributed by atoms with Crippen LogP contribution >= 0.6 is 23.4 Å². The number of carboxylic acid groups (broad SMARTS) is 1. The van der Waals surface area contributed by atoms with Crippen molar-refractivity contribution in [2.75, 3.05) is 0 Å². The number of carbonyl (C=O) groups is 1. The van der Waals surface area contributed by atoms with Crippen molar-refractivity contribution in [3.05, 3.63) is 35.0 Å². The van der Waals surface area contributed by atoms with Crippen LogP contribution in [0.5, 0.6) is 0 Å². The van der Waals surface area contributed by atoms with Crippen LogP contribution in [0.2, 0.25) is 5.02 Å². The first-order valence-corrected chi connectivity index (χ1v) is 5.44. The van der Waals surface area contributed by atoms with E-state index in [-0.39, 0.29) is 5.69 Å². The molecule has 0 aliphatic carbocycles. The first-order chi connectivity index (χ1) is 7.68. The predicted octanol–water partition coefficient (Wildman–Crippen LogP) is 2.31. The molecule has 1 aromatic carbocycles. The average Bonchev–Trinajstić information content (AvgIpc) is 2.69. The second-order valence-corrected chi connectivity index (χ2v) is 4.29. The molecule has 1 heterocycles. The zero-order valence-corrected chi connectivity index (χ0v) is 9.42. The molecule has 2 rings (SSSR count). The first kappa shape index (κ1) is 11.0. The number of aromatic amines is 1. The highest BCUT2D eigenvalue weighted by Crippen LogP contribution is 2.32. The van der Waals surface area contributed by atoms with Crippen molar-refractivity contribution in [3.8, 4) is 0 Å². The second kappa shape index (κ2) is 4.54. The third kappa shape index (κ3) is 2.17. The monoisotopic (exact) mass is 255 g/mol. The molecule has 0 aliphatic heterocycles. The van der Waals surface area contributed by atoms with Crippen LogP contribution < -0.4 is 0 Å². The molecule has 0 amide bonds. The van der Waals surface area contributed by atoms with Crippen molar-refractivity contribution >= 4 is 29.3 Å². The topological polar surface area (TPSA) is 78.9 Å². The van der Waals surface area contributed by atoms with Crippen molar-refractivity contribution in [3.63, 3.8) is 0 Å². The largest absolute Gasteiger partial charge is 0.476 e. The lowest BCUT2D eigenvalue weighted by atomic mass is 10.4. The summed E-state index contributed by atoms with van der Waals surface area (Å²) in [4.78, 5) is 11.5. The van der Waals surface area contributed by atoms with Gasteiger partial charge in [0.2, 0.25) is 5.69 Å². The van der Waals surface area contributed by atoms with E-state index in [1.807, 2.05) is 6.07 Å². The van der Waals surface area contributed by atoms with E-state index in [1.54, 1.807) is 18.2 Å². The molecule has 0 fully saturated rings. The zero-order chi connectivity index (χ0) is 11.5. The number of nitrogens with zero attached hydrogens (tertiary/aromatic N) is 2. The second-order valence-electron chi connectivity index (χ2n) is 2.83. The Bertz CT molecular complexity index is 529. The smallest absolute Gasteiger partial charge is 0.359 e. The molecule has 16 heavy (non-hydrogen) atoms. The molecule has 5 nitrogen and oxygen atoms in total. The summed E-state index contributed by atoms with van der Waals surface area (Å²) in [5.74, 6) is -1.12. The summed E-state index contributed by atoms with van der Waals surface area (Å²) in [6.45, 7) is 0. The number of aromatic nitrogens is 3. The molecule has 0 radical (unpaired) electrons. The van der Waals surface area contributed by atoms with E-state index in [0.29, 0.717) is 10.0 Å². The van der Waals surface area contributed by atoms with Crippen LogP contribution in [0.3, 0.4) is 0 Å². The summed E-state index contributed by atoms with van der Waals surface area (Å²) in [5.41, 5.74) is -0.107. The summed E-state index contributed by atoms with van der Waals surface area (Å²) < 4.78 is 0. The van der Waals surface area contributed by atoms with Gasteiger partial charge in [-0.1, -0.05) is 40.7 Å². The highest BCUT2D eigenvalue weighted by molar-refractivity contribution is 7.99. The maximum absolute atomic E-state index is 10.8. The number of nitrogens with one attached hydrogen (secondary N) is 1. The predicted molar refractivity (Wildman–Crippen MR) is 58.9 cm³/mol. The van der Waals surface area contributed by atoms with E-state index in [9.17, 15) is 4.79 Å². The lowest BCUT2D eigenvalue weighted by Gasteiger charge is -2.01. The van der Waals surface area contributed by atoms with E-state index in [2.05, 4.69) is 15.4 Å². The minimum absolute atomic E-state index is 0.107. The minimum Gasteiger partial charge on any atom is -0.476 e. The first-order valence-electron chi connectivity index (χ1n) is 4.25. The van der Waals surface area contributed by atoms with E-state index >= 15 is 0 Å². The molecule has 0 atom stereocenters. The summed E-state index contributed by atoms with van der Waals surface area (Å²) in [7, 11) is 0. The van der Waals surface area contributed by atoms with Gasteiger partial charge < -0.3 is 5.11 Å². The molecule has 7 heteroatoms. The zero-order valence-electron chi connectivity index (χ0n) is 7.85. The third-order valence-corrected chi connectivity index (χ3v) is 3.27. The molecule has 0 spiro atoms. The molecule has 0 aliphatic rings. The lowest BCUT2D eigenvalue weighted by molar-refractivity contribution is 0.0686. The molecule has 2 aromatic rings. The van der Waals surface area contributed by atoms with Gasteiger partial charge in [0.1, 0.15) is 5.03 Å². The number of rotatable bonds is 3. The Morgan fingerprint density at radius 3 is 2.88 bits per heavy atom. The average molecular weight is 256 g/mol. The fourth-order valence-electron chi connectivity index (χ4n) is 1.07. The van der Waals surface area contributed by atoms with Gasteiger partial charge in [0.25, 0.3) is 0 Å². The summed E-state index contributed by atoms with van der Waals surface area (Å²) in [6.07, 6.45) is 0. The Balaban J connectivity index is 2.31. The van der Waals surface area contributed by atoms with Gasteiger partial charge >= 0.3 is 5.97 Å². The van der Waals surface area contributed by atoms with Gasteiger partial charge in [0, 0.05) is 4.90 Å². The Labute approximate surface area is 99.8 Å². The van der Waals surface area contributed by atoms with Gasteiger partial charge in [0.15, 0.2) is 0 Å². The summed E-state index contributed by atoms with van der Waals surface area (Å²) >= 11 is 7.13. The summed E-state index contributed by atoms with van der Waals surface area (Å²) in [5, 5.41) is 19.2. The lowest BCUT2D eigenvalue weighted by Crippen LogP contribution is -1.98. The quantitative estimate of drug-likeness (QED) is 0.880. The van der Waals surface area contributed by atoms with Crippen LogP contribution in [-0.2, 0) is 0 Å². The maximum Gasteiger partial charge on any atom is 0.359 e. The number of H-pyrrole nitrogens is 1. The van der Waals surface area contributed by atoms with Gasteiger partial charge in [-0.3, -0.25) is 5.10 Å². The van der Waals surface area contributed by atoms with Crippen LogP contribution in [0.25, 0.3) is 0 Å². The van der Waals surface area contributed by atoms with Gasteiger partial charge in [-0.15, -0.1) is 5.10 Å². The van der Waals surface area contributed by atoms with E-state index in [4.69, 9.17) is 16.7 Å². The number of aromatic carboxylic acids is 1. The highest BCUT2D eigenvalue weighted by atomic mass is 35.5. The highest BCUT2D eigenvalue weighted by Gasteiger charge is 2.16. The van der Waals surface area contributed by atoms with E-state index in [1.165, 1.54) is 11.8 Å². The van der Waals surface area contributed by atoms with Crippen LogP contribution in [0.4, 0.5) is 0 Å². The van der Waals surface area contributed by atoms with E-state index in [0.717, 1.165) is 4.90 Å². The van der Waals surface area contributed by atoms with Crippen molar-refractivity contribution in [2.45, 2.75) is 9.92 Å². The van der Waals surface area contributed by atoms with E-state index < -0.39 is 5.97 Å². The van der Waals surface area contributed by atoms with Crippen LogP contribution in [0.1, 0.15) is 10.5 Å². The molecule has 82 valence electrons. The fourth-order valence-corrected chi connectivity index (χ4v) is 2.16. The number of halogens is 1.